The molecule has 0 aliphatic rings. The molecule has 184 valence electrons. The summed E-state index contributed by atoms with van der Waals surface area (Å²) < 4.78 is 17.2. The van der Waals surface area contributed by atoms with Crippen LogP contribution in [0.1, 0.15) is 11.1 Å². The zero-order valence-corrected chi connectivity index (χ0v) is 22.0. The quantitative estimate of drug-likeness (QED) is 0.103. The predicted octanol–water partition coefficient (Wildman–Crippen LogP) is 5.99. The summed E-state index contributed by atoms with van der Waals surface area (Å²) >= 11 is 8.27. The highest BCUT2D eigenvalue weighted by Crippen LogP contribution is 2.36. The van der Waals surface area contributed by atoms with Gasteiger partial charge in [0.2, 0.25) is 0 Å². The topological polar surface area (TPSA) is 124 Å². The third-order valence-corrected chi connectivity index (χ3v) is 6.07. The van der Waals surface area contributed by atoms with E-state index in [0.717, 1.165) is 11.6 Å². The maximum absolute atomic E-state index is 12.8. The van der Waals surface area contributed by atoms with Crippen molar-refractivity contribution in [1.29, 1.82) is 5.26 Å². The molecule has 11 heteroatoms. The lowest BCUT2D eigenvalue weighted by Gasteiger charge is -2.14. The minimum absolute atomic E-state index is 0.0633. The number of nitro benzene ring substituents is 1. The van der Waals surface area contributed by atoms with Gasteiger partial charge in [-0.1, -0.05) is 29.8 Å². The van der Waals surface area contributed by atoms with Crippen LogP contribution in [0.15, 0.2) is 60.2 Å². The molecule has 0 atom stereocenters. The highest BCUT2D eigenvalue weighted by Gasteiger charge is 2.18. The van der Waals surface area contributed by atoms with E-state index in [-0.39, 0.29) is 29.3 Å². The van der Waals surface area contributed by atoms with Crippen LogP contribution >= 0.6 is 34.2 Å². The maximum atomic E-state index is 12.8. The molecule has 9 nitrogen and oxygen atoms in total. The van der Waals surface area contributed by atoms with Crippen LogP contribution in [0.25, 0.3) is 6.08 Å². The van der Waals surface area contributed by atoms with Gasteiger partial charge in [0, 0.05) is 22.7 Å². The van der Waals surface area contributed by atoms with E-state index in [4.69, 9.17) is 25.8 Å². The number of hydrogen-bond acceptors (Lipinski definition) is 7. The zero-order valence-electron chi connectivity index (χ0n) is 19.1. The van der Waals surface area contributed by atoms with Gasteiger partial charge in [-0.25, -0.2) is 0 Å². The van der Waals surface area contributed by atoms with Gasteiger partial charge in [-0.2, -0.15) is 5.26 Å². The van der Waals surface area contributed by atoms with Crippen molar-refractivity contribution in [3.8, 4) is 23.3 Å². The zero-order chi connectivity index (χ0) is 26.2. The number of benzene rings is 3. The first-order chi connectivity index (χ1) is 17.3. The molecule has 0 aromatic heterocycles. The molecule has 1 amide bonds. The van der Waals surface area contributed by atoms with Gasteiger partial charge in [0.05, 0.1) is 28.4 Å². The number of nitriles is 1. The van der Waals surface area contributed by atoms with Crippen molar-refractivity contribution in [2.24, 2.45) is 0 Å². The van der Waals surface area contributed by atoms with Crippen LogP contribution in [0.4, 0.5) is 11.4 Å². The Morgan fingerprint density at radius 3 is 2.53 bits per heavy atom. The first-order valence-electron chi connectivity index (χ1n) is 10.3. The number of non-ortho nitro benzene ring substituents is 1. The van der Waals surface area contributed by atoms with Crippen molar-refractivity contribution in [3.05, 3.63) is 90.0 Å². The lowest BCUT2D eigenvalue weighted by atomic mass is 10.1. The summed E-state index contributed by atoms with van der Waals surface area (Å²) in [6, 6.07) is 16.3. The fraction of sp³-hybridized carbons (Fsp3) is 0.120. The average molecular weight is 620 g/mol. The number of nitro groups is 1. The second-order valence-corrected chi connectivity index (χ2v) is 8.75. The average Bonchev–Trinajstić information content (AvgIpc) is 2.87. The Labute approximate surface area is 225 Å². The number of hydrogen-bond donors (Lipinski definition) is 1. The van der Waals surface area contributed by atoms with Gasteiger partial charge in [-0.3, -0.25) is 14.9 Å². The number of rotatable bonds is 9. The molecule has 3 aromatic rings. The minimum atomic E-state index is -0.760. The van der Waals surface area contributed by atoms with Gasteiger partial charge in [-0.05, 0) is 58.5 Å². The third-order valence-electron chi connectivity index (χ3n) is 4.90. The second kappa shape index (κ2) is 12.2. The minimum Gasteiger partial charge on any atom is -0.495 e. The van der Waals surface area contributed by atoms with E-state index < -0.39 is 10.8 Å². The summed E-state index contributed by atoms with van der Waals surface area (Å²) in [6.45, 7) is 0.220. The van der Waals surface area contributed by atoms with Crippen molar-refractivity contribution < 1.29 is 23.9 Å². The van der Waals surface area contributed by atoms with Crippen LogP contribution in [0.5, 0.6) is 17.2 Å². The summed E-state index contributed by atoms with van der Waals surface area (Å²) in [7, 11) is 2.84. The number of amides is 1. The summed E-state index contributed by atoms with van der Waals surface area (Å²) in [5.74, 6) is 0.338. The number of anilines is 1. The van der Waals surface area contributed by atoms with Crippen LogP contribution < -0.4 is 19.5 Å². The van der Waals surface area contributed by atoms with Crippen LogP contribution in [0, 0.1) is 25.0 Å². The second-order valence-electron chi connectivity index (χ2n) is 7.18. The monoisotopic (exact) mass is 619 g/mol. The van der Waals surface area contributed by atoms with Gasteiger partial charge >= 0.3 is 0 Å². The molecule has 0 aliphatic heterocycles. The third kappa shape index (κ3) is 6.44. The number of carbonyl (C=O) groups is 1. The van der Waals surface area contributed by atoms with Crippen LogP contribution in [-0.2, 0) is 11.4 Å². The van der Waals surface area contributed by atoms with Crippen molar-refractivity contribution in [3.63, 3.8) is 0 Å². The highest BCUT2D eigenvalue weighted by atomic mass is 127. The van der Waals surface area contributed by atoms with Gasteiger partial charge in [0.25, 0.3) is 11.6 Å². The van der Waals surface area contributed by atoms with Gasteiger partial charge in [-0.15, -0.1) is 0 Å². The normalized spacial score (nSPS) is 10.8. The first kappa shape index (κ1) is 26.8. The SMILES string of the molecule is COc1ccc([N+](=O)[O-])cc1NC(=O)/C(C#N)=C/c1cc(I)c(OCc2ccccc2Cl)c(OC)c1. The Bertz CT molecular complexity index is 1390. The standard InChI is InChI=1S/C25H19ClIN3O6/c1-34-22-8-7-18(30(32)33)12-21(22)29-25(31)17(13-28)9-15-10-20(27)24(23(11-15)35-2)36-14-16-5-3-4-6-19(16)26/h3-12H,14H2,1-2H3,(H,29,31)/b17-9+. The molecule has 36 heavy (non-hydrogen) atoms. The number of nitrogens with zero attached hydrogens (tertiary/aromatic N) is 2. The molecule has 0 heterocycles. The number of carbonyl (C=O) groups excluding carboxylic acids is 1. The Morgan fingerprint density at radius 1 is 1.17 bits per heavy atom. The Kier molecular flexibility index (Phi) is 9.10. The molecule has 0 bridgehead atoms. The number of ether oxygens (including phenoxy) is 3. The van der Waals surface area contributed by atoms with E-state index >= 15 is 0 Å². The highest BCUT2D eigenvalue weighted by molar-refractivity contribution is 14.1. The van der Waals surface area contributed by atoms with Gasteiger partial charge in [0.1, 0.15) is 24.0 Å². The van der Waals surface area contributed by atoms with Crippen molar-refractivity contribution in [2.75, 3.05) is 19.5 Å². The smallest absolute Gasteiger partial charge is 0.271 e. The molecule has 0 fully saturated rings. The van der Waals surface area contributed by atoms with Crippen molar-refractivity contribution >= 4 is 57.5 Å². The number of halogens is 2. The fourth-order valence-electron chi connectivity index (χ4n) is 3.14. The molecule has 0 unspecified atom stereocenters. The summed E-state index contributed by atoms with van der Waals surface area (Å²) in [5.41, 5.74) is 0.916. The Hall–Kier alpha value is -3.82. The van der Waals surface area contributed by atoms with Crippen LogP contribution in [-0.4, -0.2) is 25.1 Å². The maximum Gasteiger partial charge on any atom is 0.271 e. The van der Waals surface area contributed by atoms with Crippen molar-refractivity contribution in [1.82, 2.24) is 0 Å². The van der Waals surface area contributed by atoms with E-state index in [1.807, 2.05) is 24.3 Å². The molecule has 0 aliphatic carbocycles. The molecule has 0 saturated carbocycles. The Balaban J connectivity index is 1.87. The molecule has 0 saturated heterocycles. The molecule has 1 N–H and O–H groups in total. The number of nitrogens with one attached hydrogen (secondary N) is 1. The fourth-order valence-corrected chi connectivity index (χ4v) is 4.11. The molecular weight excluding hydrogens is 601 g/mol. The Morgan fingerprint density at radius 2 is 1.89 bits per heavy atom. The summed E-state index contributed by atoms with van der Waals surface area (Å²) in [6.07, 6.45) is 1.38. The van der Waals surface area contributed by atoms with Gasteiger partial charge in [0.15, 0.2) is 11.5 Å². The first-order valence-corrected chi connectivity index (χ1v) is 11.7. The molecule has 3 aromatic carbocycles. The predicted molar refractivity (Wildman–Crippen MR) is 143 cm³/mol. The van der Waals surface area contributed by atoms with Crippen LogP contribution in [0.2, 0.25) is 5.02 Å². The van der Waals surface area contributed by atoms with E-state index in [2.05, 4.69) is 27.9 Å². The molecular formula is C25H19ClIN3O6. The summed E-state index contributed by atoms with van der Waals surface area (Å²) in [4.78, 5) is 23.3. The summed E-state index contributed by atoms with van der Waals surface area (Å²) in [5, 5.41) is 23.8. The van der Waals surface area contributed by atoms with Gasteiger partial charge < -0.3 is 19.5 Å². The van der Waals surface area contributed by atoms with E-state index in [1.54, 1.807) is 18.2 Å². The molecule has 0 radical (unpaired) electrons. The molecule has 3 rings (SSSR count). The lowest BCUT2D eigenvalue weighted by molar-refractivity contribution is -0.384. The lowest BCUT2D eigenvalue weighted by Crippen LogP contribution is -2.14. The molecule has 0 spiro atoms. The van der Waals surface area contributed by atoms with E-state index in [1.165, 1.54) is 32.4 Å². The number of methoxy groups -OCH3 is 2. The van der Waals surface area contributed by atoms with E-state index in [0.29, 0.717) is 25.7 Å². The largest absolute Gasteiger partial charge is 0.495 e. The van der Waals surface area contributed by atoms with E-state index in [9.17, 15) is 20.2 Å². The van der Waals surface area contributed by atoms with Crippen LogP contribution in [0.3, 0.4) is 0 Å². The van der Waals surface area contributed by atoms with Crippen molar-refractivity contribution in [2.45, 2.75) is 6.61 Å².